The van der Waals surface area contributed by atoms with Crippen LogP contribution < -0.4 is 0 Å². The molecule has 1 atom stereocenters. The van der Waals surface area contributed by atoms with Crippen molar-refractivity contribution in [3.8, 4) is 11.3 Å². The van der Waals surface area contributed by atoms with Gasteiger partial charge in [-0.3, -0.25) is 4.79 Å². The van der Waals surface area contributed by atoms with Gasteiger partial charge < -0.3 is 10.0 Å². The third-order valence-corrected chi connectivity index (χ3v) is 3.42. The number of β-amino-alcohol motifs (C(OH)–C–C–N with tert-alkyl or cyclic N) is 1. The second-order valence-corrected chi connectivity index (χ2v) is 4.95. The van der Waals surface area contributed by atoms with Crippen LogP contribution in [0.2, 0.25) is 0 Å². The monoisotopic (exact) mass is 272 g/mol. The van der Waals surface area contributed by atoms with Crippen molar-refractivity contribution in [2.75, 3.05) is 13.1 Å². The Balaban J connectivity index is 1.67. The molecule has 1 N–H and O–H groups in total. The number of aliphatic hydroxyl groups excluding tert-OH is 1. The Hall–Kier alpha value is -2.21. The molecule has 2 heterocycles. The predicted molar refractivity (Wildman–Crippen MR) is 72.7 cm³/mol. The van der Waals surface area contributed by atoms with E-state index in [1.165, 1.54) is 4.68 Å². The van der Waals surface area contributed by atoms with Crippen LogP contribution >= 0.6 is 0 Å². The standard InChI is InChI=1S/C14H16N4O2/c19-12-6-7-17(8-12)14(20)10-18-9-13(15-16-18)11-4-2-1-3-5-11/h1-5,9,12,19H,6-8,10H2/t12-/m1/s1. The summed E-state index contributed by atoms with van der Waals surface area (Å²) in [4.78, 5) is 13.7. The summed E-state index contributed by atoms with van der Waals surface area (Å²) in [7, 11) is 0. The summed E-state index contributed by atoms with van der Waals surface area (Å²) in [5, 5.41) is 17.5. The molecule has 1 amide bonds. The van der Waals surface area contributed by atoms with Crippen LogP contribution in [0, 0.1) is 0 Å². The van der Waals surface area contributed by atoms with Crippen LogP contribution in [0.15, 0.2) is 36.5 Å². The molecule has 1 saturated heterocycles. The molecule has 0 unspecified atom stereocenters. The number of carbonyl (C=O) groups excluding carboxylic acids is 1. The molecule has 20 heavy (non-hydrogen) atoms. The fourth-order valence-corrected chi connectivity index (χ4v) is 2.32. The molecule has 6 nitrogen and oxygen atoms in total. The number of aliphatic hydroxyl groups is 1. The molecule has 2 aromatic rings. The zero-order valence-corrected chi connectivity index (χ0v) is 11.0. The normalized spacial score (nSPS) is 18.4. The number of rotatable bonds is 3. The van der Waals surface area contributed by atoms with Crippen LogP contribution in [0.25, 0.3) is 11.3 Å². The van der Waals surface area contributed by atoms with E-state index in [2.05, 4.69) is 10.3 Å². The van der Waals surface area contributed by atoms with Gasteiger partial charge in [0.25, 0.3) is 0 Å². The smallest absolute Gasteiger partial charge is 0.244 e. The second kappa shape index (κ2) is 5.42. The fraction of sp³-hybridized carbons (Fsp3) is 0.357. The highest BCUT2D eigenvalue weighted by atomic mass is 16.3. The van der Waals surface area contributed by atoms with Gasteiger partial charge >= 0.3 is 0 Å². The summed E-state index contributed by atoms with van der Waals surface area (Å²) in [6.07, 6.45) is 2.02. The van der Waals surface area contributed by atoms with Crippen molar-refractivity contribution in [2.45, 2.75) is 19.1 Å². The average molecular weight is 272 g/mol. The van der Waals surface area contributed by atoms with E-state index in [0.29, 0.717) is 19.5 Å². The lowest BCUT2D eigenvalue weighted by Gasteiger charge is -2.14. The van der Waals surface area contributed by atoms with E-state index in [0.717, 1.165) is 11.3 Å². The van der Waals surface area contributed by atoms with E-state index in [-0.39, 0.29) is 12.5 Å². The highest BCUT2D eigenvalue weighted by Gasteiger charge is 2.24. The summed E-state index contributed by atoms with van der Waals surface area (Å²) in [6.45, 7) is 1.19. The van der Waals surface area contributed by atoms with Crippen LogP contribution in [0.1, 0.15) is 6.42 Å². The van der Waals surface area contributed by atoms with E-state index < -0.39 is 6.10 Å². The van der Waals surface area contributed by atoms with Gasteiger partial charge in [0, 0.05) is 18.7 Å². The number of benzene rings is 1. The quantitative estimate of drug-likeness (QED) is 0.885. The number of hydrogen-bond donors (Lipinski definition) is 1. The third-order valence-electron chi connectivity index (χ3n) is 3.42. The molecule has 104 valence electrons. The lowest BCUT2D eigenvalue weighted by molar-refractivity contribution is -0.131. The first-order chi connectivity index (χ1) is 9.72. The molecule has 6 heteroatoms. The molecular weight excluding hydrogens is 256 g/mol. The second-order valence-electron chi connectivity index (χ2n) is 4.95. The van der Waals surface area contributed by atoms with Crippen LogP contribution in [-0.4, -0.2) is 50.1 Å². The summed E-state index contributed by atoms with van der Waals surface area (Å²) < 4.78 is 1.54. The van der Waals surface area contributed by atoms with Crippen molar-refractivity contribution < 1.29 is 9.90 Å². The zero-order valence-electron chi connectivity index (χ0n) is 11.0. The summed E-state index contributed by atoms with van der Waals surface area (Å²) in [5.41, 5.74) is 1.72. The summed E-state index contributed by atoms with van der Waals surface area (Å²) in [6, 6.07) is 9.71. The number of likely N-dealkylation sites (tertiary alicyclic amines) is 1. The molecule has 0 saturated carbocycles. The predicted octanol–water partition coefficient (Wildman–Crippen LogP) is 0.538. The van der Waals surface area contributed by atoms with Gasteiger partial charge in [-0.2, -0.15) is 0 Å². The van der Waals surface area contributed by atoms with Crippen molar-refractivity contribution in [1.82, 2.24) is 19.9 Å². The lowest BCUT2D eigenvalue weighted by Crippen LogP contribution is -2.32. The first-order valence-electron chi connectivity index (χ1n) is 6.64. The highest BCUT2D eigenvalue weighted by molar-refractivity contribution is 5.76. The van der Waals surface area contributed by atoms with Gasteiger partial charge in [-0.25, -0.2) is 4.68 Å². The zero-order chi connectivity index (χ0) is 13.9. The number of aromatic nitrogens is 3. The third kappa shape index (κ3) is 2.70. The van der Waals surface area contributed by atoms with Crippen molar-refractivity contribution in [1.29, 1.82) is 0 Å². The average Bonchev–Trinajstić information content (AvgIpc) is 3.09. The fourth-order valence-electron chi connectivity index (χ4n) is 2.32. The van der Waals surface area contributed by atoms with Crippen molar-refractivity contribution in [3.63, 3.8) is 0 Å². The Morgan fingerprint density at radius 1 is 1.35 bits per heavy atom. The molecule has 1 aliphatic rings. The number of carbonyl (C=O) groups is 1. The maximum absolute atomic E-state index is 12.0. The minimum absolute atomic E-state index is 0.0361. The van der Waals surface area contributed by atoms with Crippen LogP contribution in [-0.2, 0) is 11.3 Å². The molecule has 1 aromatic carbocycles. The Kier molecular flexibility index (Phi) is 3.47. The largest absolute Gasteiger partial charge is 0.391 e. The van der Waals surface area contributed by atoms with Gasteiger partial charge in [0.2, 0.25) is 5.91 Å². The molecule has 0 bridgehead atoms. The van der Waals surface area contributed by atoms with E-state index in [1.54, 1.807) is 11.1 Å². The maximum atomic E-state index is 12.0. The molecule has 0 spiro atoms. The number of amides is 1. The minimum Gasteiger partial charge on any atom is -0.391 e. The molecule has 0 aliphatic carbocycles. The van der Waals surface area contributed by atoms with Crippen molar-refractivity contribution >= 4 is 5.91 Å². The van der Waals surface area contributed by atoms with Gasteiger partial charge in [-0.05, 0) is 6.42 Å². The van der Waals surface area contributed by atoms with Gasteiger partial charge in [0.1, 0.15) is 12.2 Å². The maximum Gasteiger partial charge on any atom is 0.244 e. The Bertz CT molecular complexity index is 596. The van der Waals surface area contributed by atoms with Crippen LogP contribution in [0.3, 0.4) is 0 Å². The SMILES string of the molecule is O=C(Cn1cc(-c2ccccc2)nn1)N1CC[C@@H](O)C1. The minimum atomic E-state index is -0.394. The van der Waals surface area contributed by atoms with Crippen molar-refractivity contribution in [3.05, 3.63) is 36.5 Å². The van der Waals surface area contributed by atoms with Crippen LogP contribution in [0.4, 0.5) is 0 Å². The van der Waals surface area contributed by atoms with E-state index in [4.69, 9.17) is 0 Å². The molecule has 1 aromatic heterocycles. The molecule has 1 aliphatic heterocycles. The lowest BCUT2D eigenvalue weighted by atomic mass is 10.2. The Labute approximate surface area is 116 Å². The number of hydrogen-bond acceptors (Lipinski definition) is 4. The number of nitrogens with zero attached hydrogens (tertiary/aromatic N) is 4. The summed E-state index contributed by atoms with van der Waals surface area (Å²) >= 11 is 0. The molecule has 1 fully saturated rings. The topological polar surface area (TPSA) is 71.2 Å². The Morgan fingerprint density at radius 2 is 2.15 bits per heavy atom. The summed E-state index contributed by atoms with van der Waals surface area (Å²) in [5.74, 6) is -0.0361. The molecular formula is C14H16N4O2. The van der Waals surface area contributed by atoms with Gasteiger partial charge in [-0.1, -0.05) is 35.5 Å². The van der Waals surface area contributed by atoms with Crippen LogP contribution in [0.5, 0.6) is 0 Å². The molecule has 0 radical (unpaired) electrons. The first kappa shape index (κ1) is 12.8. The van der Waals surface area contributed by atoms with Crippen molar-refractivity contribution in [2.24, 2.45) is 0 Å². The van der Waals surface area contributed by atoms with E-state index in [1.807, 2.05) is 30.3 Å². The highest BCUT2D eigenvalue weighted by Crippen LogP contribution is 2.15. The Morgan fingerprint density at radius 3 is 2.85 bits per heavy atom. The molecule has 3 rings (SSSR count). The van der Waals surface area contributed by atoms with E-state index >= 15 is 0 Å². The first-order valence-corrected chi connectivity index (χ1v) is 6.64. The van der Waals surface area contributed by atoms with Gasteiger partial charge in [0.15, 0.2) is 0 Å². The van der Waals surface area contributed by atoms with E-state index in [9.17, 15) is 9.90 Å². The van der Waals surface area contributed by atoms with Gasteiger partial charge in [-0.15, -0.1) is 5.10 Å². The van der Waals surface area contributed by atoms with Gasteiger partial charge in [0.05, 0.1) is 12.3 Å².